The van der Waals surface area contributed by atoms with E-state index in [2.05, 4.69) is 65.0 Å². The first-order valence-electron chi connectivity index (χ1n) is 6.81. The molecule has 20 heavy (non-hydrogen) atoms. The standard InChI is InChI=1S/C18H15N2/c1-12-14-9-10-16-15-6-4-3-5-13(15)7-8-17(16)18(14)19-11-20(12)2/h3-11H,1-2H3/q+1. The molecule has 0 aliphatic rings. The van der Waals surface area contributed by atoms with Crippen LogP contribution in [-0.4, -0.2) is 4.98 Å². The van der Waals surface area contributed by atoms with Gasteiger partial charge in [-0.2, -0.15) is 0 Å². The smallest absolute Gasteiger partial charge is 0.237 e. The van der Waals surface area contributed by atoms with Crippen molar-refractivity contribution in [2.24, 2.45) is 7.05 Å². The molecule has 0 amide bonds. The van der Waals surface area contributed by atoms with E-state index >= 15 is 0 Å². The molecule has 0 aliphatic heterocycles. The van der Waals surface area contributed by atoms with Crippen molar-refractivity contribution in [1.82, 2.24) is 4.98 Å². The fraction of sp³-hybridized carbons (Fsp3) is 0.111. The highest BCUT2D eigenvalue weighted by molar-refractivity contribution is 6.16. The first-order valence-corrected chi connectivity index (χ1v) is 6.81. The molecule has 0 bridgehead atoms. The van der Waals surface area contributed by atoms with Crippen LogP contribution in [0.3, 0.4) is 0 Å². The van der Waals surface area contributed by atoms with E-state index in [0.717, 1.165) is 5.52 Å². The highest BCUT2D eigenvalue weighted by atomic mass is 15.0. The molecule has 1 heterocycles. The molecule has 4 rings (SSSR count). The van der Waals surface area contributed by atoms with E-state index in [4.69, 9.17) is 0 Å². The topological polar surface area (TPSA) is 16.8 Å². The maximum absolute atomic E-state index is 4.64. The Balaban J connectivity index is 2.26. The minimum Gasteiger partial charge on any atom is -0.237 e. The Morgan fingerprint density at radius 3 is 2.45 bits per heavy atom. The van der Waals surface area contributed by atoms with Crippen LogP contribution in [0.25, 0.3) is 32.4 Å². The second kappa shape index (κ2) is 4.01. The monoisotopic (exact) mass is 259 g/mol. The third-order valence-corrected chi connectivity index (χ3v) is 4.18. The summed E-state index contributed by atoms with van der Waals surface area (Å²) >= 11 is 0. The van der Waals surface area contributed by atoms with Gasteiger partial charge in [0, 0.05) is 5.39 Å². The summed E-state index contributed by atoms with van der Waals surface area (Å²) in [4.78, 5) is 4.64. The number of nitrogens with zero attached hydrogens (tertiary/aromatic N) is 2. The van der Waals surface area contributed by atoms with Crippen molar-refractivity contribution in [3.05, 3.63) is 60.6 Å². The van der Waals surface area contributed by atoms with Crippen LogP contribution < -0.4 is 4.57 Å². The summed E-state index contributed by atoms with van der Waals surface area (Å²) in [5.74, 6) is 0. The number of hydrogen-bond acceptors (Lipinski definition) is 1. The van der Waals surface area contributed by atoms with E-state index in [9.17, 15) is 0 Å². The number of aromatic nitrogens is 2. The largest absolute Gasteiger partial charge is 0.286 e. The van der Waals surface area contributed by atoms with Gasteiger partial charge in [-0.25, -0.2) is 4.57 Å². The molecule has 0 radical (unpaired) electrons. The normalized spacial score (nSPS) is 11.5. The van der Waals surface area contributed by atoms with Gasteiger partial charge in [0.2, 0.25) is 0 Å². The summed E-state index contributed by atoms with van der Waals surface area (Å²) in [7, 11) is 2.03. The molecule has 0 aliphatic carbocycles. The third-order valence-electron chi connectivity index (χ3n) is 4.18. The number of fused-ring (bicyclic) bond motifs is 5. The summed E-state index contributed by atoms with van der Waals surface area (Å²) < 4.78 is 2.06. The predicted molar refractivity (Wildman–Crippen MR) is 82.7 cm³/mol. The summed E-state index contributed by atoms with van der Waals surface area (Å²) in [5, 5.41) is 6.29. The van der Waals surface area contributed by atoms with Gasteiger partial charge in [-0.3, -0.25) is 0 Å². The zero-order valence-electron chi connectivity index (χ0n) is 11.6. The van der Waals surface area contributed by atoms with Gasteiger partial charge in [-0.05, 0) is 40.2 Å². The Bertz CT molecular complexity index is 971. The second-order valence-corrected chi connectivity index (χ2v) is 5.28. The van der Waals surface area contributed by atoms with E-state index in [-0.39, 0.29) is 0 Å². The van der Waals surface area contributed by atoms with Crippen molar-refractivity contribution in [1.29, 1.82) is 0 Å². The maximum atomic E-state index is 4.64. The van der Waals surface area contributed by atoms with E-state index in [1.807, 2.05) is 13.4 Å². The number of rotatable bonds is 0. The Morgan fingerprint density at radius 2 is 1.55 bits per heavy atom. The minimum absolute atomic E-state index is 1.09. The first-order chi connectivity index (χ1) is 9.75. The Labute approximate surface area is 117 Å². The molecule has 96 valence electrons. The first kappa shape index (κ1) is 11.4. The van der Waals surface area contributed by atoms with Crippen LogP contribution in [0.1, 0.15) is 5.69 Å². The molecule has 2 heteroatoms. The molecule has 0 saturated heterocycles. The van der Waals surface area contributed by atoms with E-state index in [0.29, 0.717) is 0 Å². The van der Waals surface area contributed by atoms with Crippen molar-refractivity contribution in [2.75, 3.05) is 0 Å². The molecule has 0 atom stereocenters. The lowest BCUT2D eigenvalue weighted by Gasteiger charge is -2.06. The second-order valence-electron chi connectivity index (χ2n) is 5.28. The summed E-state index contributed by atoms with van der Waals surface area (Å²) in [6.07, 6.45) is 1.90. The van der Waals surface area contributed by atoms with Gasteiger partial charge in [0.25, 0.3) is 6.33 Å². The number of aryl methyl sites for hydroxylation is 2. The highest BCUT2D eigenvalue weighted by Crippen LogP contribution is 2.30. The molecule has 3 aromatic carbocycles. The lowest BCUT2D eigenvalue weighted by Crippen LogP contribution is -2.32. The van der Waals surface area contributed by atoms with Crippen LogP contribution in [0.2, 0.25) is 0 Å². The van der Waals surface area contributed by atoms with Crippen LogP contribution in [0.15, 0.2) is 54.9 Å². The Kier molecular flexibility index (Phi) is 2.27. The average Bonchev–Trinajstić information content (AvgIpc) is 2.50. The van der Waals surface area contributed by atoms with Gasteiger partial charge >= 0.3 is 0 Å². The molecular formula is C18H15N2+. The lowest BCUT2D eigenvalue weighted by atomic mass is 9.99. The Hall–Kier alpha value is -2.48. The quantitative estimate of drug-likeness (QED) is 0.348. The van der Waals surface area contributed by atoms with Gasteiger partial charge in [-0.1, -0.05) is 36.4 Å². The number of hydrogen-bond donors (Lipinski definition) is 0. The van der Waals surface area contributed by atoms with Crippen LogP contribution in [-0.2, 0) is 7.05 Å². The fourth-order valence-corrected chi connectivity index (χ4v) is 2.92. The Morgan fingerprint density at radius 1 is 0.800 bits per heavy atom. The molecule has 1 aromatic heterocycles. The van der Waals surface area contributed by atoms with Crippen molar-refractivity contribution in [2.45, 2.75) is 6.92 Å². The van der Waals surface area contributed by atoms with Crippen molar-refractivity contribution >= 4 is 32.4 Å². The number of benzene rings is 3. The maximum Gasteiger partial charge on any atom is 0.286 e. The van der Waals surface area contributed by atoms with Crippen LogP contribution in [0, 0.1) is 6.92 Å². The SMILES string of the molecule is Cc1c2ccc3c4ccccc4ccc3c2nc[n+]1C. The summed E-state index contributed by atoms with van der Waals surface area (Å²) in [6.45, 7) is 2.14. The molecule has 0 fully saturated rings. The van der Waals surface area contributed by atoms with Gasteiger partial charge in [0.05, 0.1) is 12.4 Å². The molecule has 0 saturated carbocycles. The zero-order chi connectivity index (χ0) is 13.7. The molecule has 4 aromatic rings. The van der Waals surface area contributed by atoms with E-state index < -0.39 is 0 Å². The van der Waals surface area contributed by atoms with Crippen molar-refractivity contribution in [3.63, 3.8) is 0 Å². The zero-order valence-corrected chi connectivity index (χ0v) is 11.6. The van der Waals surface area contributed by atoms with Gasteiger partial charge in [0.1, 0.15) is 5.69 Å². The van der Waals surface area contributed by atoms with Crippen molar-refractivity contribution in [3.8, 4) is 0 Å². The van der Waals surface area contributed by atoms with Crippen LogP contribution >= 0.6 is 0 Å². The van der Waals surface area contributed by atoms with Gasteiger partial charge in [-0.15, -0.1) is 0 Å². The van der Waals surface area contributed by atoms with E-state index in [1.165, 1.54) is 32.6 Å². The van der Waals surface area contributed by atoms with E-state index in [1.54, 1.807) is 0 Å². The summed E-state index contributed by atoms with van der Waals surface area (Å²) in [6, 6.07) is 17.3. The molecule has 2 nitrogen and oxygen atoms in total. The minimum atomic E-state index is 1.09. The third kappa shape index (κ3) is 1.45. The fourth-order valence-electron chi connectivity index (χ4n) is 2.92. The average molecular weight is 259 g/mol. The highest BCUT2D eigenvalue weighted by Gasteiger charge is 2.12. The van der Waals surface area contributed by atoms with Crippen LogP contribution in [0.4, 0.5) is 0 Å². The predicted octanol–water partition coefficient (Wildman–Crippen LogP) is 3.67. The van der Waals surface area contributed by atoms with Gasteiger partial charge in [0.15, 0.2) is 5.52 Å². The van der Waals surface area contributed by atoms with Crippen molar-refractivity contribution < 1.29 is 4.57 Å². The van der Waals surface area contributed by atoms with Gasteiger partial charge < -0.3 is 0 Å². The molecular weight excluding hydrogens is 244 g/mol. The molecule has 0 spiro atoms. The van der Waals surface area contributed by atoms with Crippen LogP contribution in [0.5, 0.6) is 0 Å². The molecule has 0 unspecified atom stereocenters. The summed E-state index contributed by atoms with van der Waals surface area (Å²) in [5.41, 5.74) is 2.33. The lowest BCUT2D eigenvalue weighted by molar-refractivity contribution is -0.679. The molecule has 0 N–H and O–H groups in total.